The highest BCUT2D eigenvalue weighted by atomic mass is 35.5. The van der Waals surface area contributed by atoms with Crippen LogP contribution in [0.2, 0.25) is 5.02 Å². The third kappa shape index (κ3) is 5.24. The number of aromatic carboxylic acids is 1. The van der Waals surface area contributed by atoms with Gasteiger partial charge >= 0.3 is 11.9 Å². The van der Waals surface area contributed by atoms with Crippen molar-refractivity contribution in [3.8, 4) is 22.8 Å². The zero-order valence-corrected chi connectivity index (χ0v) is 24.5. The predicted octanol–water partition coefficient (Wildman–Crippen LogP) is 4.43. The largest absolute Gasteiger partial charge is 0.497 e. The lowest BCUT2D eigenvalue weighted by atomic mass is 9.95. The number of aromatic nitrogens is 1. The minimum atomic E-state index is -1.13. The zero-order chi connectivity index (χ0) is 30.1. The summed E-state index contributed by atoms with van der Waals surface area (Å²) < 4.78 is 24.0. The summed E-state index contributed by atoms with van der Waals surface area (Å²) in [5.41, 5.74) is 1.38. The SMILES string of the molecule is CCOC(=O)C1=C(C)N=c2s/c(=C/c3ccc(-c4ccc(C(=O)O)c(Cl)c4)o3)c(=O)n2C1c1ccc(OC)cc1OC. The van der Waals surface area contributed by atoms with E-state index in [1.807, 2.05) is 0 Å². The van der Waals surface area contributed by atoms with Gasteiger partial charge in [-0.25, -0.2) is 14.6 Å². The number of hydrogen-bond donors (Lipinski definition) is 1. The Kier molecular flexibility index (Phi) is 8.06. The van der Waals surface area contributed by atoms with E-state index < -0.39 is 18.0 Å². The molecule has 1 aliphatic rings. The van der Waals surface area contributed by atoms with Gasteiger partial charge in [0.1, 0.15) is 29.1 Å². The first-order valence-electron chi connectivity index (χ1n) is 12.7. The molecule has 0 radical (unpaired) electrons. The first-order chi connectivity index (χ1) is 20.2. The molecule has 2 aromatic carbocycles. The van der Waals surface area contributed by atoms with Crippen LogP contribution >= 0.6 is 22.9 Å². The van der Waals surface area contributed by atoms with Crippen LogP contribution in [0.15, 0.2) is 74.0 Å². The molecular weight excluding hydrogens is 584 g/mol. The molecule has 3 heterocycles. The summed E-state index contributed by atoms with van der Waals surface area (Å²) in [7, 11) is 3.03. The minimum Gasteiger partial charge on any atom is -0.497 e. The lowest BCUT2D eigenvalue weighted by molar-refractivity contribution is -0.139. The summed E-state index contributed by atoms with van der Waals surface area (Å²) in [5, 5.41) is 9.31. The summed E-state index contributed by atoms with van der Waals surface area (Å²) in [6.07, 6.45) is 1.59. The molecule has 0 aliphatic carbocycles. The van der Waals surface area contributed by atoms with Crippen molar-refractivity contribution in [2.45, 2.75) is 19.9 Å². The summed E-state index contributed by atoms with van der Waals surface area (Å²) in [4.78, 5) is 43.3. The number of thiazole rings is 1. The molecule has 1 atom stereocenters. The van der Waals surface area contributed by atoms with Crippen molar-refractivity contribution in [3.05, 3.63) is 101 Å². The molecule has 0 saturated heterocycles. The van der Waals surface area contributed by atoms with Crippen molar-refractivity contribution in [1.29, 1.82) is 0 Å². The lowest BCUT2D eigenvalue weighted by Gasteiger charge is -2.26. The Bertz CT molecular complexity index is 1930. The third-order valence-corrected chi connectivity index (χ3v) is 7.93. The first kappa shape index (κ1) is 28.9. The van der Waals surface area contributed by atoms with Crippen LogP contribution in [0.25, 0.3) is 17.4 Å². The van der Waals surface area contributed by atoms with Crippen LogP contribution in [-0.4, -0.2) is 42.4 Å². The maximum absolute atomic E-state index is 13.9. The quantitative estimate of drug-likeness (QED) is 0.291. The standard InChI is InChI=1S/C30H25ClN2O8S/c1-5-40-29(37)25-15(2)32-30-33(26(25)20-10-7-17(38-3)13-23(20)39-4)27(34)24(42-30)14-18-8-11-22(41-18)16-6-9-19(28(35)36)21(31)12-16/h6-14,26H,5H2,1-4H3,(H,35,36)/b24-14+. The topological polar surface area (TPSA) is 130 Å². The molecule has 10 nitrogen and oxygen atoms in total. The van der Waals surface area contributed by atoms with Gasteiger partial charge in [0.15, 0.2) is 4.80 Å². The number of carboxylic acids is 1. The average molecular weight is 609 g/mol. The zero-order valence-electron chi connectivity index (χ0n) is 23.0. The molecule has 2 aromatic heterocycles. The lowest BCUT2D eigenvalue weighted by Crippen LogP contribution is -2.40. The number of benzene rings is 2. The van der Waals surface area contributed by atoms with Gasteiger partial charge in [-0.05, 0) is 50.2 Å². The summed E-state index contributed by atoms with van der Waals surface area (Å²) >= 11 is 7.27. The van der Waals surface area contributed by atoms with Gasteiger partial charge in [0, 0.05) is 23.3 Å². The number of nitrogens with zero attached hydrogens (tertiary/aromatic N) is 2. The van der Waals surface area contributed by atoms with Crippen LogP contribution in [-0.2, 0) is 9.53 Å². The molecule has 0 amide bonds. The van der Waals surface area contributed by atoms with E-state index in [-0.39, 0.29) is 28.3 Å². The van der Waals surface area contributed by atoms with E-state index in [4.69, 9.17) is 30.2 Å². The second-order valence-corrected chi connectivity index (χ2v) is 10.5. The van der Waals surface area contributed by atoms with Gasteiger partial charge in [-0.2, -0.15) is 0 Å². The number of carbonyl (C=O) groups excluding carboxylic acids is 1. The number of esters is 1. The molecule has 4 aromatic rings. The molecule has 0 spiro atoms. The second-order valence-electron chi connectivity index (χ2n) is 9.11. The smallest absolute Gasteiger partial charge is 0.338 e. The van der Waals surface area contributed by atoms with Crippen LogP contribution in [0.1, 0.15) is 41.6 Å². The Labute approximate surface area is 248 Å². The molecule has 0 saturated carbocycles. The summed E-state index contributed by atoms with van der Waals surface area (Å²) in [6, 6.07) is 12.2. The van der Waals surface area contributed by atoms with Crippen molar-refractivity contribution in [3.63, 3.8) is 0 Å². The highest BCUT2D eigenvalue weighted by molar-refractivity contribution is 7.07. The van der Waals surface area contributed by atoms with E-state index in [1.54, 1.807) is 56.3 Å². The molecule has 1 unspecified atom stereocenters. The Morgan fingerprint density at radius 2 is 1.93 bits per heavy atom. The Hall–Kier alpha value is -4.61. The number of carbonyl (C=O) groups is 2. The number of allylic oxidation sites excluding steroid dienone is 1. The minimum absolute atomic E-state index is 0.0196. The van der Waals surface area contributed by atoms with Gasteiger partial charge in [0.25, 0.3) is 5.56 Å². The molecule has 1 N–H and O–H groups in total. The number of methoxy groups -OCH3 is 2. The first-order valence-corrected chi connectivity index (χ1v) is 13.9. The fraction of sp³-hybridized carbons (Fsp3) is 0.200. The Morgan fingerprint density at radius 1 is 1.14 bits per heavy atom. The van der Waals surface area contributed by atoms with Crippen molar-refractivity contribution in [1.82, 2.24) is 4.57 Å². The van der Waals surface area contributed by atoms with Crippen LogP contribution < -0.4 is 24.4 Å². The maximum atomic E-state index is 13.9. The van der Waals surface area contributed by atoms with E-state index >= 15 is 0 Å². The number of ether oxygens (including phenoxy) is 3. The molecule has 216 valence electrons. The predicted molar refractivity (Wildman–Crippen MR) is 156 cm³/mol. The van der Waals surface area contributed by atoms with E-state index in [0.717, 1.165) is 11.3 Å². The molecule has 0 fully saturated rings. The van der Waals surface area contributed by atoms with Crippen LogP contribution in [0.3, 0.4) is 0 Å². The van der Waals surface area contributed by atoms with E-state index in [1.165, 1.54) is 30.9 Å². The van der Waals surface area contributed by atoms with Gasteiger partial charge in [-0.15, -0.1) is 0 Å². The summed E-state index contributed by atoms with van der Waals surface area (Å²) in [6.45, 7) is 3.56. The van der Waals surface area contributed by atoms with Crippen molar-refractivity contribution < 1.29 is 33.3 Å². The normalized spacial score (nSPS) is 14.8. The average Bonchev–Trinajstić information content (AvgIpc) is 3.56. The highest BCUT2D eigenvalue weighted by Gasteiger charge is 2.35. The molecule has 5 rings (SSSR count). The third-order valence-electron chi connectivity index (χ3n) is 6.64. The van der Waals surface area contributed by atoms with Crippen LogP contribution in [0.5, 0.6) is 11.5 Å². The number of fused-ring (bicyclic) bond motifs is 1. The Balaban J connectivity index is 1.64. The number of rotatable bonds is 8. The number of hydrogen-bond acceptors (Lipinski definition) is 9. The summed E-state index contributed by atoms with van der Waals surface area (Å²) in [5.74, 6) is 0.0819. The fourth-order valence-electron chi connectivity index (χ4n) is 4.69. The molecule has 42 heavy (non-hydrogen) atoms. The number of halogens is 1. The maximum Gasteiger partial charge on any atom is 0.338 e. The van der Waals surface area contributed by atoms with Crippen molar-refractivity contribution in [2.75, 3.05) is 20.8 Å². The number of furan rings is 1. The van der Waals surface area contributed by atoms with Gasteiger partial charge in [0.2, 0.25) is 0 Å². The van der Waals surface area contributed by atoms with Crippen molar-refractivity contribution in [2.24, 2.45) is 4.99 Å². The van der Waals surface area contributed by atoms with Crippen molar-refractivity contribution >= 4 is 41.0 Å². The van der Waals surface area contributed by atoms with Gasteiger partial charge in [-0.1, -0.05) is 29.0 Å². The van der Waals surface area contributed by atoms with Gasteiger partial charge in [-0.3, -0.25) is 9.36 Å². The highest BCUT2D eigenvalue weighted by Crippen LogP contribution is 2.37. The van der Waals surface area contributed by atoms with Gasteiger partial charge < -0.3 is 23.7 Å². The van der Waals surface area contributed by atoms with E-state index in [2.05, 4.69) is 4.99 Å². The Morgan fingerprint density at radius 3 is 2.60 bits per heavy atom. The fourth-order valence-corrected chi connectivity index (χ4v) is 5.97. The van der Waals surface area contributed by atoms with Crippen LogP contribution in [0, 0.1) is 0 Å². The molecule has 12 heteroatoms. The monoisotopic (exact) mass is 608 g/mol. The molecular formula is C30H25ClN2O8S. The van der Waals surface area contributed by atoms with E-state index in [0.29, 0.717) is 49.2 Å². The van der Waals surface area contributed by atoms with Crippen LogP contribution in [0.4, 0.5) is 0 Å². The van der Waals surface area contributed by atoms with E-state index in [9.17, 15) is 19.5 Å². The second kappa shape index (κ2) is 11.7. The van der Waals surface area contributed by atoms with Gasteiger partial charge in [0.05, 0.1) is 47.2 Å². The molecule has 0 bridgehead atoms. The number of carboxylic acid groups (broad SMARTS) is 1. The molecule has 1 aliphatic heterocycles.